The Labute approximate surface area is 87.6 Å². The Hall–Kier alpha value is -0.570. The van der Waals surface area contributed by atoms with Crippen molar-refractivity contribution in [3.05, 3.63) is 0 Å². The largest absolute Gasteiger partial charge is 0.355 e. The van der Waals surface area contributed by atoms with Gasteiger partial charge in [-0.3, -0.25) is 4.79 Å². The van der Waals surface area contributed by atoms with Crippen LogP contribution < -0.4 is 10.6 Å². The first-order chi connectivity index (χ1) is 6.57. The Balaban J connectivity index is 3.52. The molecule has 0 rings (SSSR count). The minimum atomic E-state index is -0.0675. The first-order valence-electron chi connectivity index (χ1n) is 5.59. The normalized spacial score (nSPS) is 12.9. The van der Waals surface area contributed by atoms with Gasteiger partial charge in [-0.15, -0.1) is 0 Å². The third kappa shape index (κ3) is 6.89. The summed E-state index contributed by atoms with van der Waals surface area (Å²) in [6, 6.07) is -0.0675. The molecular weight excluding hydrogens is 176 g/mol. The minimum Gasteiger partial charge on any atom is -0.355 e. The van der Waals surface area contributed by atoms with E-state index in [0.29, 0.717) is 5.92 Å². The van der Waals surface area contributed by atoms with Gasteiger partial charge in [0.25, 0.3) is 0 Å². The molecule has 0 heterocycles. The van der Waals surface area contributed by atoms with Crippen LogP contribution in [0.1, 0.15) is 40.5 Å². The fraction of sp³-hybridized carbons (Fsp3) is 0.909. The summed E-state index contributed by atoms with van der Waals surface area (Å²) >= 11 is 0. The molecule has 0 aromatic rings. The van der Waals surface area contributed by atoms with Crippen molar-refractivity contribution in [2.45, 2.75) is 46.6 Å². The van der Waals surface area contributed by atoms with E-state index in [2.05, 4.69) is 31.4 Å². The number of hydrogen-bond acceptors (Lipinski definition) is 2. The van der Waals surface area contributed by atoms with Crippen LogP contribution in [0.5, 0.6) is 0 Å². The lowest BCUT2D eigenvalue weighted by Gasteiger charge is -2.13. The lowest BCUT2D eigenvalue weighted by Crippen LogP contribution is -2.42. The van der Waals surface area contributed by atoms with E-state index in [1.807, 2.05) is 6.92 Å². The first kappa shape index (κ1) is 13.4. The quantitative estimate of drug-likeness (QED) is 0.654. The maximum atomic E-state index is 11.5. The van der Waals surface area contributed by atoms with E-state index >= 15 is 0 Å². The van der Waals surface area contributed by atoms with Gasteiger partial charge in [0.05, 0.1) is 6.04 Å². The molecule has 0 aliphatic carbocycles. The van der Waals surface area contributed by atoms with Gasteiger partial charge in [0.1, 0.15) is 0 Å². The molecular formula is C11H24N2O. The third-order valence-electron chi connectivity index (χ3n) is 2.11. The highest BCUT2D eigenvalue weighted by Gasteiger charge is 2.10. The maximum absolute atomic E-state index is 11.5. The van der Waals surface area contributed by atoms with Gasteiger partial charge in [0.2, 0.25) is 5.91 Å². The number of carbonyl (C=O) groups excluding carboxylic acids is 1. The van der Waals surface area contributed by atoms with Crippen molar-refractivity contribution < 1.29 is 4.79 Å². The molecule has 1 unspecified atom stereocenters. The van der Waals surface area contributed by atoms with Crippen LogP contribution in [0.3, 0.4) is 0 Å². The van der Waals surface area contributed by atoms with E-state index in [1.165, 1.54) is 0 Å². The Kier molecular flexibility index (Phi) is 7.48. The van der Waals surface area contributed by atoms with Crippen molar-refractivity contribution in [2.75, 3.05) is 13.1 Å². The highest BCUT2D eigenvalue weighted by molar-refractivity contribution is 5.81. The SMILES string of the molecule is CCCNC(C)C(=O)NCCC(C)C. The van der Waals surface area contributed by atoms with Crippen LogP contribution >= 0.6 is 0 Å². The summed E-state index contributed by atoms with van der Waals surface area (Å²) < 4.78 is 0. The average molecular weight is 200 g/mol. The van der Waals surface area contributed by atoms with Gasteiger partial charge in [-0.1, -0.05) is 20.8 Å². The van der Waals surface area contributed by atoms with Crippen molar-refractivity contribution >= 4 is 5.91 Å². The van der Waals surface area contributed by atoms with Crippen LogP contribution in [-0.2, 0) is 4.79 Å². The van der Waals surface area contributed by atoms with E-state index in [4.69, 9.17) is 0 Å². The second kappa shape index (κ2) is 7.80. The van der Waals surface area contributed by atoms with Gasteiger partial charge in [-0.05, 0) is 32.2 Å². The van der Waals surface area contributed by atoms with Gasteiger partial charge >= 0.3 is 0 Å². The topological polar surface area (TPSA) is 41.1 Å². The van der Waals surface area contributed by atoms with Gasteiger partial charge in [-0.25, -0.2) is 0 Å². The number of carbonyl (C=O) groups is 1. The lowest BCUT2D eigenvalue weighted by molar-refractivity contribution is -0.122. The monoisotopic (exact) mass is 200 g/mol. The van der Waals surface area contributed by atoms with Crippen LogP contribution in [0.15, 0.2) is 0 Å². The van der Waals surface area contributed by atoms with Gasteiger partial charge in [0.15, 0.2) is 0 Å². The van der Waals surface area contributed by atoms with E-state index in [9.17, 15) is 4.79 Å². The van der Waals surface area contributed by atoms with Crippen molar-refractivity contribution in [1.29, 1.82) is 0 Å². The molecule has 0 saturated heterocycles. The second-order valence-corrected chi connectivity index (χ2v) is 4.15. The molecule has 0 aliphatic rings. The molecule has 0 spiro atoms. The molecule has 3 heteroatoms. The fourth-order valence-electron chi connectivity index (χ4n) is 1.09. The molecule has 1 amide bonds. The molecule has 0 aromatic carbocycles. The van der Waals surface area contributed by atoms with Crippen molar-refractivity contribution in [3.63, 3.8) is 0 Å². The number of rotatable bonds is 7. The molecule has 2 N–H and O–H groups in total. The molecule has 0 bridgehead atoms. The first-order valence-corrected chi connectivity index (χ1v) is 5.59. The summed E-state index contributed by atoms with van der Waals surface area (Å²) in [6.45, 7) is 10.0. The van der Waals surface area contributed by atoms with Crippen LogP contribution in [0, 0.1) is 5.92 Å². The van der Waals surface area contributed by atoms with Crippen LogP contribution in [0.25, 0.3) is 0 Å². The maximum Gasteiger partial charge on any atom is 0.236 e. The summed E-state index contributed by atoms with van der Waals surface area (Å²) in [5.41, 5.74) is 0. The van der Waals surface area contributed by atoms with E-state index in [-0.39, 0.29) is 11.9 Å². The van der Waals surface area contributed by atoms with Crippen LogP contribution in [-0.4, -0.2) is 25.0 Å². The second-order valence-electron chi connectivity index (χ2n) is 4.15. The Morgan fingerprint density at radius 2 is 1.86 bits per heavy atom. The molecule has 1 atom stereocenters. The number of nitrogens with one attached hydrogen (secondary N) is 2. The zero-order valence-electron chi connectivity index (χ0n) is 9.89. The number of amides is 1. The summed E-state index contributed by atoms with van der Waals surface area (Å²) in [6.07, 6.45) is 2.11. The Morgan fingerprint density at radius 1 is 1.21 bits per heavy atom. The molecule has 0 fully saturated rings. The fourth-order valence-corrected chi connectivity index (χ4v) is 1.09. The smallest absolute Gasteiger partial charge is 0.236 e. The van der Waals surface area contributed by atoms with Crippen molar-refractivity contribution in [2.24, 2.45) is 5.92 Å². The van der Waals surface area contributed by atoms with E-state index < -0.39 is 0 Å². The molecule has 14 heavy (non-hydrogen) atoms. The zero-order valence-corrected chi connectivity index (χ0v) is 9.89. The van der Waals surface area contributed by atoms with Gasteiger partial charge < -0.3 is 10.6 Å². The Bertz CT molecular complexity index is 157. The van der Waals surface area contributed by atoms with E-state index in [1.54, 1.807) is 0 Å². The van der Waals surface area contributed by atoms with Crippen LogP contribution in [0.4, 0.5) is 0 Å². The summed E-state index contributed by atoms with van der Waals surface area (Å²) in [7, 11) is 0. The molecule has 0 aromatic heterocycles. The molecule has 0 aliphatic heterocycles. The van der Waals surface area contributed by atoms with Crippen LogP contribution in [0.2, 0.25) is 0 Å². The molecule has 0 radical (unpaired) electrons. The van der Waals surface area contributed by atoms with Crippen molar-refractivity contribution in [3.8, 4) is 0 Å². The molecule has 3 nitrogen and oxygen atoms in total. The third-order valence-corrected chi connectivity index (χ3v) is 2.11. The average Bonchev–Trinajstić information content (AvgIpc) is 2.13. The Morgan fingerprint density at radius 3 is 2.36 bits per heavy atom. The number of hydrogen-bond donors (Lipinski definition) is 2. The molecule has 84 valence electrons. The predicted molar refractivity (Wildman–Crippen MR) is 60.2 cm³/mol. The summed E-state index contributed by atoms with van der Waals surface area (Å²) in [5, 5.41) is 6.08. The zero-order chi connectivity index (χ0) is 11.0. The van der Waals surface area contributed by atoms with Gasteiger partial charge in [0, 0.05) is 6.54 Å². The highest BCUT2D eigenvalue weighted by atomic mass is 16.2. The summed E-state index contributed by atoms with van der Waals surface area (Å²) in [5.74, 6) is 0.758. The standard InChI is InChI=1S/C11H24N2O/c1-5-7-12-10(4)11(14)13-8-6-9(2)3/h9-10,12H,5-8H2,1-4H3,(H,13,14). The van der Waals surface area contributed by atoms with Gasteiger partial charge in [-0.2, -0.15) is 0 Å². The predicted octanol–water partition coefficient (Wildman–Crippen LogP) is 1.54. The van der Waals surface area contributed by atoms with E-state index in [0.717, 1.165) is 25.9 Å². The summed E-state index contributed by atoms with van der Waals surface area (Å²) in [4.78, 5) is 11.5. The minimum absolute atomic E-state index is 0.0675. The lowest BCUT2D eigenvalue weighted by atomic mass is 10.1. The molecule has 0 saturated carbocycles. The highest BCUT2D eigenvalue weighted by Crippen LogP contribution is 1.96. The van der Waals surface area contributed by atoms with Crippen molar-refractivity contribution in [1.82, 2.24) is 10.6 Å².